The predicted molar refractivity (Wildman–Crippen MR) is 170 cm³/mol. The van der Waals surface area contributed by atoms with Crippen molar-refractivity contribution in [2.45, 2.75) is 58.5 Å². The molecule has 3 rings (SSSR count). The molecular weight excluding hydrogens is 617 g/mol. The lowest BCUT2D eigenvalue weighted by Crippen LogP contribution is -2.52. The molecule has 2 aromatic rings. The number of nitrogens with one attached hydrogen (secondary N) is 1. The summed E-state index contributed by atoms with van der Waals surface area (Å²) in [4.78, 5) is 41.5. The van der Waals surface area contributed by atoms with Crippen LogP contribution in [0.15, 0.2) is 71.8 Å². The van der Waals surface area contributed by atoms with Crippen LogP contribution in [0.3, 0.4) is 0 Å². The van der Waals surface area contributed by atoms with Gasteiger partial charge < -0.3 is 36.3 Å². The third-order valence-electron chi connectivity index (χ3n) is 8.05. The highest BCUT2D eigenvalue weighted by Crippen LogP contribution is 2.44. The average Bonchev–Trinajstić information content (AvgIpc) is 3.02. The monoisotopic (exact) mass is 660 g/mol. The van der Waals surface area contributed by atoms with Crippen LogP contribution >= 0.6 is 0 Å². The first-order chi connectivity index (χ1) is 22.2. The topological polar surface area (TPSA) is 157 Å². The van der Waals surface area contributed by atoms with Crippen LogP contribution in [0.25, 0.3) is 0 Å². The van der Waals surface area contributed by atoms with Gasteiger partial charge in [0.25, 0.3) is 0 Å². The Kier molecular flexibility index (Phi) is 13.0. The number of alkyl halides is 3. The number of halogens is 3. The standard InChI is InChI=1S/C34H43F3N4O6/c1-4-12-41(13-5-2)31(44)25-17-24(30(38)43)18-33(19-25,32(39)45)28(16-22-8-6-11-27(14-22)47-34(35,36)37)29(42)21-40-20-23-9-7-10-26(15-23)46-3/h6-11,14-15,17-18,28-29,40,42H,4-5,12-13,16,19-21H2,1-3H3,(H2,38,43)(H2,39,45)/t28-,29+,33?/m1/s1. The highest BCUT2D eigenvalue weighted by molar-refractivity contribution is 6.03. The number of ether oxygens (including phenoxy) is 2. The highest BCUT2D eigenvalue weighted by Gasteiger charge is 2.49. The summed E-state index contributed by atoms with van der Waals surface area (Å²) in [5, 5.41) is 14.9. The molecule has 0 aromatic heterocycles. The second-order valence-electron chi connectivity index (χ2n) is 11.6. The molecule has 0 saturated heterocycles. The van der Waals surface area contributed by atoms with Gasteiger partial charge in [-0.15, -0.1) is 13.2 Å². The Morgan fingerprint density at radius 3 is 2.21 bits per heavy atom. The van der Waals surface area contributed by atoms with E-state index in [-0.39, 0.29) is 30.5 Å². The SMILES string of the molecule is CCCN(CCC)C(=O)C1=CC(C(N)=O)=CC(C(N)=O)([C@H](Cc2cccc(OC(F)(F)F)c2)[C@@H](O)CNCc2cccc(OC)c2)C1. The Bertz CT molecular complexity index is 1470. The first-order valence-corrected chi connectivity index (χ1v) is 15.4. The van der Waals surface area contributed by atoms with Crippen LogP contribution in [0.2, 0.25) is 0 Å². The number of carbonyl (C=O) groups is 3. The maximum Gasteiger partial charge on any atom is 0.573 e. The number of carbonyl (C=O) groups excluding carboxylic acids is 3. The molecule has 1 unspecified atom stereocenters. The van der Waals surface area contributed by atoms with Crippen molar-refractivity contribution in [2.75, 3.05) is 26.7 Å². The Labute approximate surface area is 272 Å². The molecule has 47 heavy (non-hydrogen) atoms. The molecule has 3 atom stereocenters. The van der Waals surface area contributed by atoms with Crippen LogP contribution in [0.5, 0.6) is 11.5 Å². The number of benzene rings is 2. The van der Waals surface area contributed by atoms with Crippen molar-refractivity contribution in [3.05, 3.63) is 83.0 Å². The lowest BCUT2D eigenvalue weighted by Gasteiger charge is -2.42. The van der Waals surface area contributed by atoms with Gasteiger partial charge in [0.05, 0.1) is 18.6 Å². The second-order valence-corrected chi connectivity index (χ2v) is 11.6. The molecule has 1 aliphatic rings. The minimum absolute atomic E-state index is 0.0832. The van der Waals surface area contributed by atoms with Gasteiger partial charge in [-0.3, -0.25) is 14.4 Å². The lowest BCUT2D eigenvalue weighted by molar-refractivity contribution is -0.274. The molecule has 0 bridgehead atoms. The Morgan fingerprint density at radius 2 is 1.64 bits per heavy atom. The number of rotatable bonds is 17. The number of nitrogens with zero attached hydrogens (tertiary/aromatic N) is 1. The van der Waals surface area contributed by atoms with E-state index in [1.807, 2.05) is 19.9 Å². The van der Waals surface area contributed by atoms with Gasteiger partial charge in [0.1, 0.15) is 11.5 Å². The molecule has 0 aliphatic heterocycles. The zero-order valence-corrected chi connectivity index (χ0v) is 26.8. The quantitative estimate of drug-likeness (QED) is 0.201. The van der Waals surface area contributed by atoms with Crippen molar-refractivity contribution in [3.8, 4) is 11.5 Å². The van der Waals surface area contributed by atoms with Crippen molar-refractivity contribution >= 4 is 17.7 Å². The van der Waals surface area contributed by atoms with Crippen molar-refractivity contribution < 1.29 is 42.1 Å². The van der Waals surface area contributed by atoms with Crippen molar-refractivity contribution in [1.82, 2.24) is 10.2 Å². The number of nitrogens with two attached hydrogens (primary N) is 2. The number of aliphatic hydroxyl groups excluding tert-OH is 1. The molecule has 1 aliphatic carbocycles. The maximum absolute atomic E-state index is 13.8. The largest absolute Gasteiger partial charge is 0.573 e. The molecule has 0 heterocycles. The van der Waals surface area contributed by atoms with E-state index in [1.165, 1.54) is 31.4 Å². The molecule has 3 amide bonds. The molecule has 2 aromatic carbocycles. The summed E-state index contributed by atoms with van der Waals surface area (Å²) in [5.74, 6) is -3.25. The average molecular weight is 661 g/mol. The van der Waals surface area contributed by atoms with Gasteiger partial charge >= 0.3 is 6.36 Å². The van der Waals surface area contributed by atoms with Crippen LogP contribution < -0.4 is 26.3 Å². The van der Waals surface area contributed by atoms with Gasteiger partial charge in [-0.25, -0.2) is 0 Å². The van der Waals surface area contributed by atoms with E-state index in [1.54, 1.807) is 23.1 Å². The van der Waals surface area contributed by atoms with E-state index in [2.05, 4.69) is 10.1 Å². The van der Waals surface area contributed by atoms with E-state index < -0.39 is 47.3 Å². The molecule has 0 radical (unpaired) electrons. The minimum atomic E-state index is -4.94. The third-order valence-corrected chi connectivity index (χ3v) is 8.05. The van der Waals surface area contributed by atoms with E-state index >= 15 is 0 Å². The smallest absolute Gasteiger partial charge is 0.497 e. The fourth-order valence-corrected chi connectivity index (χ4v) is 5.91. The fourth-order valence-electron chi connectivity index (χ4n) is 5.91. The molecule has 13 heteroatoms. The van der Waals surface area contributed by atoms with Gasteiger partial charge in [0, 0.05) is 43.2 Å². The normalized spacial score (nSPS) is 17.6. The number of methoxy groups -OCH3 is 1. The summed E-state index contributed by atoms with van der Waals surface area (Å²) in [6, 6.07) is 12.4. The summed E-state index contributed by atoms with van der Waals surface area (Å²) in [5.41, 5.74) is 11.0. The first-order valence-electron chi connectivity index (χ1n) is 15.4. The fraction of sp³-hybridized carbons (Fsp3) is 0.441. The molecule has 0 saturated carbocycles. The lowest BCUT2D eigenvalue weighted by atomic mass is 9.63. The van der Waals surface area contributed by atoms with Crippen molar-refractivity contribution in [1.29, 1.82) is 0 Å². The number of hydrogen-bond donors (Lipinski definition) is 4. The van der Waals surface area contributed by atoms with Crippen molar-refractivity contribution in [2.24, 2.45) is 22.8 Å². The molecule has 10 nitrogen and oxygen atoms in total. The first kappa shape index (κ1) is 37.1. The number of hydrogen-bond acceptors (Lipinski definition) is 7. The third kappa shape index (κ3) is 10.1. The van der Waals surface area contributed by atoms with Gasteiger partial charge in [-0.05, 0) is 67.2 Å². The Hall–Kier alpha value is -4.36. The summed E-state index contributed by atoms with van der Waals surface area (Å²) < 4.78 is 48.4. The zero-order chi connectivity index (χ0) is 34.8. The summed E-state index contributed by atoms with van der Waals surface area (Å²) in [6.07, 6.45) is -2.78. The highest BCUT2D eigenvalue weighted by atomic mass is 19.4. The summed E-state index contributed by atoms with van der Waals surface area (Å²) >= 11 is 0. The molecule has 6 N–H and O–H groups in total. The van der Waals surface area contributed by atoms with E-state index in [4.69, 9.17) is 16.2 Å². The Balaban J connectivity index is 2.07. The van der Waals surface area contributed by atoms with Gasteiger partial charge in [0.15, 0.2) is 0 Å². The van der Waals surface area contributed by atoms with Crippen LogP contribution in [0.1, 0.15) is 44.2 Å². The van der Waals surface area contributed by atoms with Crippen molar-refractivity contribution in [3.63, 3.8) is 0 Å². The molecule has 0 fully saturated rings. The van der Waals surface area contributed by atoms with E-state index in [0.29, 0.717) is 43.8 Å². The summed E-state index contributed by atoms with van der Waals surface area (Å²) in [6.45, 7) is 4.89. The van der Waals surface area contributed by atoms with Gasteiger partial charge in [-0.2, -0.15) is 0 Å². The molecule has 0 spiro atoms. The predicted octanol–water partition coefficient (Wildman–Crippen LogP) is 3.77. The van der Waals surface area contributed by atoms with Gasteiger partial charge in [-0.1, -0.05) is 44.2 Å². The van der Waals surface area contributed by atoms with Crippen LogP contribution in [-0.2, 0) is 27.3 Å². The Morgan fingerprint density at radius 1 is 1.02 bits per heavy atom. The van der Waals surface area contributed by atoms with Gasteiger partial charge in [0.2, 0.25) is 17.7 Å². The number of primary amides is 2. The number of aliphatic hydroxyl groups is 1. The molecule has 256 valence electrons. The van der Waals surface area contributed by atoms with E-state index in [9.17, 15) is 32.7 Å². The van der Waals surface area contributed by atoms with E-state index in [0.717, 1.165) is 17.7 Å². The minimum Gasteiger partial charge on any atom is -0.497 e. The van der Waals surface area contributed by atoms with Crippen LogP contribution in [0, 0.1) is 11.3 Å². The van der Waals surface area contributed by atoms with Crippen LogP contribution in [0.4, 0.5) is 13.2 Å². The molecular formula is C34H43F3N4O6. The zero-order valence-electron chi connectivity index (χ0n) is 26.8. The number of amides is 3. The second kappa shape index (κ2) is 16.5. The van der Waals surface area contributed by atoms with Crippen LogP contribution in [-0.4, -0.2) is 66.9 Å². The maximum atomic E-state index is 13.8. The summed E-state index contributed by atoms with van der Waals surface area (Å²) in [7, 11) is 1.54.